The van der Waals surface area contributed by atoms with Crippen LogP contribution in [0.5, 0.6) is 0 Å². The number of carbonyl (C=O) groups excluding carboxylic acids is 3. The van der Waals surface area contributed by atoms with E-state index in [-0.39, 0.29) is 65.5 Å². The van der Waals surface area contributed by atoms with Crippen LogP contribution in [-0.2, 0) is 42.8 Å². The molecule has 0 aromatic carbocycles. The van der Waals surface area contributed by atoms with Crippen LogP contribution in [0.1, 0.15) is 40.0 Å². The fraction of sp³-hybridized carbons (Fsp3) is 0.654. The van der Waals surface area contributed by atoms with Gasteiger partial charge >= 0.3 is 17.9 Å². The second-order valence-corrected chi connectivity index (χ2v) is 8.06. The van der Waals surface area contributed by atoms with Crippen molar-refractivity contribution in [3.63, 3.8) is 0 Å². The number of allylic oxidation sites excluding steroid dienone is 3. The summed E-state index contributed by atoms with van der Waals surface area (Å²) >= 11 is 0. The largest absolute Gasteiger partial charge is 0.502 e. The fourth-order valence-corrected chi connectivity index (χ4v) is 2.76. The third-order valence-corrected chi connectivity index (χ3v) is 5.05. The molecule has 0 aliphatic rings. The van der Waals surface area contributed by atoms with Gasteiger partial charge in [-0.2, -0.15) is 0 Å². The molecular formula is C26H42O14. The van der Waals surface area contributed by atoms with Gasteiger partial charge in [-0.3, -0.25) is 0 Å². The van der Waals surface area contributed by atoms with Gasteiger partial charge in [0.1, 0.15) is 18.3 Å². The molecule has 230 valence electrons. The smallest absolute Gasteiger partial charge is 0.373 e. The van der Waals surface area contributed by atoms with Crippen molar-refractivity contribution in [1.82, 2.24) is 0 Å². The Morgan fingerprint density at radius 1 is 0.625 bits per heavy atom. The molecule has 0 amide bonds. The molecule has 0 bridgehead atoms. The molecule has 0 saturated carbocycles. The van der Waals surface area contributed by atoms with Crippen LogP contribution in [0.2, 0.25) is 0 Å². The first-order valence-corrected chi connectivity index (χ1v) is 12.8. The quantitative estimate of drug-likeness (QED) is 0.0404. The van der Waals surface area contributed by atoms with E-state index < -0.39 is 60.1 Å². The van der Waals surface area contributed by atoms with Gasteiger partial charge in [0.2, 0.25) is 0 Å². The van der Waals surface area contributed by atoms with E-state index in [0.29, 0.717) is 0 Å². The number of rotatable bonds is 22. The molecule has 0 heterocycles. The highest BCUT2D eigenvalue weighted by atomic mass is 16.6. The standard InChI is InChI=1S/C26H42O14/c1-4-18(28)24(32)38-13-7-10-35-17-22(37-12-9-15-40-26(34)20(30)6-3)23(31)21(16-27)36-11-8-14-39-25(33)19(29)5-2/h4-6,21-23,27-31H,7-17H2,1-3H3. The van der Waals surface area contributed by atoms with E-state index in [9.17, 15) is 39.9 Å². The second kappa shape index (κ2) is 22.6. The first-order valence-electron chi connectivity index (χ1n) is 12.8. The number of hydrogen-bond donors (Lipinski definition) is 5. The Hall–Kier alpha value is -3.17. The van der Waals surface area contributed by atoms with Gasteiger partial charge < -0.3 is 54.0 Å². The van der Waals surface area contributed by atoms with E-state index in [1.54, 1.807) is 0 Å². The highest BCUT2D eigenvalue weighted by molar-refractivity contribution is 5.86. The monoisotopic (exact) mass is 578 g/mol. The topological polar surface area (TPSA) is 208 Å². The summed E-state index contributed by atoms with van der Waals surface area (Å²) in [6.07, 6.45) is 0.918. The number of carbonyl (C=O) groups is 3. The average molecular weight is 579 g/mol. The lowest BCUT2D eigenvalue weighted by atomic mass is 10.1. The Balaban J connectivity index is 4.80. The Morgan fingerprint density at radius 2 is 1.00 bits per heavy atom. The van der Waals surface area contributed by atoms with Gasteiger partial charge in [0.05, 0.1) is 46.2 Å². The molecule has 40 heavy (non-hydrogen) atoms. The number of esters is 3. The van der Waals surface area contributed by atoms with Gasteiger partial charge in [-0.25, -0.2) is 14.4 Å². The molecule has 14 nitrogen and oxygen atoms in total. The van der Waals surface area contributed by atoms with Crippen molar-refractivity contribution in [3.8, 4) is 0 Å². The van der Waals surface area contributed by atoms with E-state index in [1.807, 2.05) is 0 Å². The predicted octanol–water partition coefficient (Wildman–Crippen LogP) is 1.31. The van der Waals surface area contributed by atoms with Crippen LogP contribution in [0.3, 0.4) is 0 Å². The summed E-state index contributed by atoms with van der Waals surface area (Å²) in [5, 5.41) is 48.4. The second-order valence-electron chi connectivity index (χ2n) is 8.06. The SMILES string of the molecule is CC=C(O)C(=O)OCCCOCC(OCCCOC(=O)C(O)=CC)C(O)C(CO)OCCCOC(=O)C(O)=CC. The summed E-state index contributed by atoms with van der Waals surface area (Å²) in [5.41, 5.74) is 0. The molecule has 0 spiro atoms. The van der Waals surface area contributed by atoms with Gasteiger partial charge in [-0.05, 0) is 39.0 Å². The molecule has 0 aliphatic carbocycles. The molecule has 0 aromatic rings. The summed E-state index contributed by atoms with van der Waals surface area (Å²) in [7, 11) is 0. The van der Waals surface area contributed by atoms with Crippen LogP contribution >= 0.6 is 0 Å². The molecule has 0 radical (unpaired) electrons. The summed E-state index contributed by atoms with van der Waals surface area (Å²) in [5.74, 6) is -4.18. The molecule has 14 heteroatoms. The lowest BCUT2D eigenvalue weighted by Crippen LogP contribution is -2.45. The number of hydrogen-bond acceptors (Lipinski definition) is 14. The van der Waals surface area contributed by atoms with Crippen molar-refractivity contribution < 1.29 is 68.3 Å². The minimum atomic E-state index is -1.35. The third-order valence-electron chi connectivity index (χ3n) is 5.05. The minimum Gasteiger partial charge on any atom is -0.502 e. The lowest BCUT2D eigenvalue weighted by molar-refractivity contribution is -0.151. The first-order chi connectivity index (χ1) is 19.1. The summed E-state index contributed by atoms with van der Waals surface area (Å²) in [6, 6.07) is 0. The van der Waals surface area contributed by atoms with Crippen molar-refractivity contribution >= 4 is 17.9 Å². The van der Waals surface area contributed by atoms with Crippen molar-refractivity contribution in [3.05, 3.63) is 35.5 Å². The van der Waals surface area contributed by atoms with Crippen molar-refractivity contribution in [2.24, 2.45) is 0 Å². The third kappa shape index (κ3) is 16.1. The molecular weight excluding hydrogens is 536 g/mol. The van der Waals surface area contributed by atoms with Crippen molar-refractivity contribution in [1.29, 1.82) is 0 Å². The number of aliphatic hydroxyl groups excluding tert-OH is 5. The van der Waals surface area contributed by atoms with Gasteiger partial charge in [0.15, 0.2) is 17.3 Å². The predicted molar refractivity (Wildman–Crippen MR) is 139 cm³/mol. The number of ether oxygens (including phenoxy) is 6. The highest BCUT2D eigenvalue weighted by Crippen LogP contribution is 2.11. The molecule has 0 aromatic heterocycles. The molecule has 3 atom stereocenters. The Labute approximate surface area is 233 Å². The Kier molecular flexibility index (Phi) is 20.8. The first kappa shape index (κ1) is 36.8. The van der Waals surface area contributed by atoms with Gasteiger partial charge in [0.25, 0.3) is 0 Å². The molecule has 5 N–H and O–H groups in total. The summed E-state index contributed by atoms with van der Waals surface area (Å²) in [4.78, 5) is 34.3. The Bertz CT molecular complexity index is 835. The van der Waals surface area contributed by atoms with Gasteiger partial charge in [-0.15, -0.1) is 0 Å². The zero-order chi connectivity index (χ0) is 30.3. The maximum Gasteiger partial charge on any atom is 0.373 e. The van der Waals surface area contributed by atoms with Crippen LogP contribution in [0.25, 0.3) is 0 Å². The maximum atomic E-state index is 11.5. The Morgan fingerprint density at radius 3 is 1.38 bits per heavy atom. The van der Waals surface area contributed by atoms with Crippen LogP contribution in [0.15, 0.2) is 35.5 Å². The molecule has 0 rings (SSSR count). The zero-order valence-corrected chi connectivity index (χ0v) is 23.2. The molecule has 0 fully saturated rings. The van der Waals surface area contributed by atoms with E-state index in [0.717, 1.165) is 0 Å². The van der Waals surface area contributed by atoms with Crippen molar-refractivity contribution in [2.75, 3.05) is 52.9 Å². The van der Waals surface area contributed by atoms with E-state index >= 15 is 0 Å². The van der Waals surface area contributed by atoms with E-state index in [2.05, 4.69) is 0 Å². The highest BCUT2D eigenvalue weighted by Gasteiger charge is 2.29. The van der Waals surface area contributed by atoms with Crippen molar-refractivity contribution in [2.45, 2.75) is 58.3 Å². The maximum absolute atomic E-state index is 11.5. The van der Waals surface area contributed by atoms with E-state index in [1.165, 1.54) is 39.0 Å². The van der Waals surface area contributed by atoms with Crippen LogP contribution in [0, 0.1) is 0 Å². The molecule has 0 saturated heterocycles. The summed E-state index contributed by atoms with van der Waals surface area (Å²) in [6.45, 7) is 3.74. The average Bonchev–Trinajstić information content (AvgIpc) is 2.97. The van der Waals surface area contributed by atoms with Gasteiger partial charge in [-0.1, -0.05) is 0 Å². The number of aliphatic hydroxyl groups is 5. The fourth-order valence-electron chi connectivity index (χ4n) is 2.76. The normalized spacial score (nSPS) is 14.8. The lowest BCUT2D eigenvalue weighted by Gasteiger charge is -2.29. The van der Waals surface area contributed by atoms with Gasteiger partial charge in [0, 0.05) is 25.9 Å². The minimum absolute atomic E-state index is 0.00849. The zero-order valence-electron chi connectivity index (χ0n) is 23.2. The van der Waals surface area contributed by atoms with Crippen LogP contribution < -0.4 is 0 Å². The molecule has 0 aliphatic heterocycles. The van der Waals surface area contributed by atoms with Crippen LogP contribution in [-0.4, -0.2) is 115 Å². The van der Waals surface area contributed by atoms with E-state index in [4.69, 9.17) is 28.4 Å². The summed E-state index contributed by atoms with van der Waals surface area (Å²) < 4.78 is 31.3. The molecule has 3 unspecified atom stereocenters. The van der Waals surface area contributed by atoms with Crippen LogP contribution in [0.4, 0.5) is 0 Å².